The molecule has 2 aliphatic heterocycles. The number of rotatable bonds is 4. The van der Waals surface area contributed by atoms with Gasteiger partial charge in [0, 0.05) is 27.3 Å². The number of piperidine rings is 1. The topological polar surface area (TPSA) is 41.9 Å². The van der Waals surface area contributed by atoms with Crippen molar-refractivity contribution in [3.8, 4) is 11.5 Å². The van der Waals surface area contributed by atoms with Gasteiger partial charge in [0.15, 0.2) is 11.5 Å². The smallest absolute Gasteiger partial charge is 0.161 e. The molecule has 4 atom stereocenters. The van der Waals surface area contributed by atoms with Gasteiger partial charge in [-0.25, -0.2) is 0 Å². The molecule has 0 amide bonds. The van der Waals surface area contributed by atoms with Crippen LogP contribution in [0.15, 0.2) is 12.1 Å². The Kier molecular flexibility index (Phi) is 2.39. The summed E-state index contributed by atoms with van der Waals surface area (Å²) in [6, 6.07) is 1.51. The molecule has 4 nitrogen and oxygen atoms in total. The highest BCUT2D eigenvalue weighted by Gasteiger charge is 2.38. The summed E-state index contributed by atoms with van der Waals surface area (Å²) in [7, 11) is -1.37. The van der Waals surface area contributed by atoms with E-state index >= 15 is 0 Å². The van der Waals surface area contributed by atoms with Gasteiger partial charge in [-0.3, -0.25) is 4.90 Å². The SMILES string of the molecule is [2H]C([2H])([2H])Oc1cc2c(cc1OC)CCN1CC(C([2H])([2H])C([2H])(C)C([2H])([2H])[2H])C(O)CC21[2H]. The number of methoxy groups -OCH3 is 2. The lowest BCUT2D eigenvalue weighted by molar-refractivity contribution is -0.0191. The van der Waals surface area contributed by atoms with Crippen molar-refractivity contribution in [3.63, 3.8) is 0 Å². The maximum atomic E-state index is 10.9. The van der Waals surface area contributed by atoms with E-state index in [1.807, 2.05) is 0 Å². The van der Waals surface area contributed by atoms with Crippen LogP contribution >= 0.6 is 0 Å². The van der Waals surface area contributed by atoms with Crippen molar-refractivity contribution in [2.45, 2.75) is 45.1 Å². The molecule has 1 aromatic carbocycles. The maximum absolute atomic E-state index is 10.9. The molecule has 4 heteroatoms. The highest BCUT2D eigenvalue weighted by atomic mass is 16.5. The van der Waals surface area contributed by atoms with Gasteiger partial charge < -0.3 is 14.6 Å². The van der Waals surface area contributed by atoms with Gasteiger partial charge in [-0.15, -0.1) is 0 Å². The Bertz CT molecular complexity index is 901. The molecule has 2 aliphatic rings. The molecule has 0 aliphatic carbocycles. The third kappa shape index (κ3) is 3.20. The van der Waals surface area contributed by atoms with Crippen LogP contribution in [0.4, 0.5) is 0 Å². The number of aliphatic hydroxyl groups is 1. The number of aliphatic hydroxyl groups excluding tert-OH is 1. The van der Waals surface area contributed by atoms with E-state index in [1.165, 1.54) is 13.2 Å². The van der Waals surface area contributed by atoms with Crippen molar-refractivity contribution < 1.29 is 28.3 Å². The lowest BCUT2D eigenvalue weighted by atomic mass is 9.79. The quantitative estimate of drug-likeness (QED) is 0.922. The number of nitrogens with zero attached hydrogens (tertiary/aromatic N) is 1. The Morgan fingerprint density at radius 2 is 2.35 bits per heavy atom. The van der Waals surface area contributed by atoms with Crippen molar-refractivity contribution in [3.05, 3.63) is 23.3 Å². The molecule has 1 aromatic rings. The van der Waals surface area contributed by atoms with Crippen LogP contribution < -0.4 is 9.47 Å². The fourth-order valence-electron chi connectivity index (χ4n) is 3.44. The fourth-order valence-corrected chi connectivity index (χ4v) is 3.44. The average molecular weight is 330 g/mol. The zero-order valence-electron chi connectivity index (χ0n) is 23.3. The van der Waals surface area contributed by atoms with E-state index in [0.717, 1.165) is 12.5 Å². The zero-order valence-corrected chi connectivity index (χ0v) is 13.3. The van der Waals surface area contributed by atoms with E-state index in [9.17, 15) is 5.11 Å². The third-order valence-electron chi connectivity index (χ3n) is 4.53. The molecule has 0 bridgehead atoms. The van der Waals surface area contributed by atoms with Crippen molar-refractivity contribution in [2.75, 3.05) is 27.2 Å². The summed E-state index contributed by atoms with van der Waals surface area (Å²) >= 11 is 0. The molecule has 1 N–H and O–H groups in total. The minimum atomic E-state index is -2.92. The average Bonchev–Trinajstić information content (AvgIpc) is 2.64. The van der Waals surface area contributed by atoms with Gasteiger partial charge in [0.05, 0.1) is 25.7 Å². The van der Waals surface area contributed by atoms with Gasteiger partial charge in [-0.1, -0.05) is 13.8 Å². The first-order chi connectivity index (χ1) is 14.8. The summed E-state index contributed by atoms with van der Waals surface area (Å²) in [5.41, 5.74) is 1.13. The second kappa shape index (κ2) is 6.70. The summed E-state index contributed by atoms with van der Waals surface area (Å²) in [6.45, 7) is -1.71. The van der Waals surface area contributed by atoms with Crippen molar-refractivity contribution >= 4 is 0 Å². The Balaban J connectivity index is 2.01. The van der Waals surface area contributed by atoms with Crippen LogP contribution in [0.3, 0.4) is 0 Å². The van der Waals surface area contributed by atoms with Crippen molar-refractivity contribution in [1.29, 1.82) is 0 Å². The second-order valence-electron chi connectivity index (χ2n) is 6.05. The normalized spacial score (nSPS) is 41.3. The minimum absolute atomic E-state index is 0.0715. The highest BCUT2D eigenvalue weighted by Crippen LogP contribution is 2.43. The molecule has 1 fully saturated rings. The number of benzene rings is 1. The molecule has 0 spiro atoms. The highest BCUT2D eigenvalue weighted by molar-refractivity contribution is 5.49. The lowest BCUT2D eigenvalue weighted by Crippen LogP contribution is -2.48. The maximum Gasteiger partial charge on any atom is 0.161 e. The second-order valence-corrected chi connectivity index (χ2v) is 6.05. The standard InChI is InChI=1S/C19H29NO3/c1-12(2)7-14-11-20-6-5-13-8-18(22-3)19(23-4)9-15(13)16(20)10-17(14)21/h8-9,12,14,16-17,21H,5-7,10-11H2,1-4H3/i1D3,4D3,7D2,12D,16D. The van der Waals surface area contributed by atoms with E-state index in [4.69, 9.17) is 23.2 Å². The van der Waals surface area contributed by atoms with Crippen LogP contribution in [0.5, 0.6) is 11.5 Å². The number of hydrogen-bond acceptors (Lipinski definition) is 4. The number of fused-ring (bicyclic) bond motifs is 3. The van der Waals surface area contributed by atoms with Gasteiger partial charge in [0.2, 0.25) is 0 Å². The van der Waals surface area contributed by atoms with Crippen molar-refractivity contribution in [2.24, 2.45) is 11.8 Å². The summed E-state index contributed by atoms with van der Waals surface area (Å²) in [4.78, 5) is 1.64. The van der Waals surface area contributed by atoms with Gasteiger partial charge in [0.1, 0.15) is 0 Å². The number of hydrogen-bond donors (Lipinski definition) is 1. The predicted octanol–water partition coefficient (Wildman–Crippen LogP) is 3.03. The van der Waals surface area contributed by atoms with Gasteiger partial charge >= 0.3 is 0 Å². The Morgan fingerprint density at radius 3 is 3.09 bits per heavy atom. The molecule has 4 unspecified atom stereocenters. The summed E-state index contributed by atoms with van der Waals surface area (Å²) in [5.74, 6) is -3.56. The van der Waals surface area contributed by atoms with Gasteiger partial charge in [0.25, 0.3) is 0 Å². The molecule has 3 rings (SSSR count). The Labute approximate surface area is 153 Å². The number of ether oxygens (including phenoxy) is 2. The largest absolute Gasteiger partial charge is 0.493 e. The zero-order chi connectivity index (χ0) is 25.2. The minimum Gasteiger partial charge on any atom is -0.493 e. The molecule has 0 radical (unpaired) electrons. The van der Waals surface area contributed by atoms with Gasteiger partial charge in [-0.2, -0.15) is 0 Å². The van der Waals surface area contributed by atoms with Crippen LogP contribution in [-0.2, 0) is 6.42 Å². The van der Waals surface area contributed by atoms with Crippen molar-refractivity contribution in [1.82, 2.24) is 4.90 Å². The first-order valence-corrected chi connectivity index (χ1v) is 7.69. The fraction of sp³-hybridized carbons (Fsp3) is 0.684. The third-order valence-corrected chi connectivity index (χ3v) is 4.53. The monoisotopic (exact) mass is 329 g/mol. The first-order valence-electron chi connectivity index (χ1n) is 12.7. The van der Waals surface area contributed by atoms with E-state index in [0.29, 0.717) is 18.5 Å². The predicted molar refractivity (Wildman–Crippen MR) is 91.1 cm³/mol. The molecule has 0 saturated carbocycles. The molecular weight excluding hydrogens is 290 g/mol. The summed E-state index contributed by atoms with van der Waals surface area (Å²) < 4.78 is 89.8. The molecular formula is C19H29NO3. The first kappa shape index (κ1) is 8.21. The Morgan fingerprint density at radius 1 is 1.52 bits per heavy atom. The van der Waals surface area contributed by atoms with E-state index < -0.39 is 44.2 Å². The van der Waals surface area contributed by atoms with E-state index in [1.54, 1.807) is 11.0 Å². The lowest BCUT2D eigenvalue weighted by Gasteiger charge is -2.46. The molecule has 23 heavy (non-hydrogen) atoms. The molecule has 1 saturated heterocycles. The van der Waals surface area contributed by atoms with Crippen LogP contribution in [0, 0.1) is 11.8 Å². The van der Waals surface area contributed by atoms with Crippen LogP contribution in [0.1, 0.15) is 57.4 Å². The van der Waals surface area contributed by atoms with Crippen LogP contribution in [-0.4, -0.2) is 43.3 Å². The molecule has 2 heterocycles. The molecule has 0 aromatic heterocycles. The van der Waals surface area contributed by atoms with Crippen LogP contribution in [0.25, 0.3) is 0 Å². The molecule has 128 valence electrons. The van der Waals surface area contributed by atoms with Gasteiger partial charge in [-0.05, 0) is 54.3 Å². The van der Waals surface area contributed by atoms with E-state index in [-0.39, 0.29) is 24.5 Å². The summed E-state index contributed by atoms with van der Waals surface area (Å²) in [6.07, 6.45) is -3.78. The van der Waals surface area contributed by atoms with E-state index in [2.05, 4.69) is 0 Å². The Hall–Kier alpha value is -1.26. The van der Waals surface area contributed by atoms with Crippen LogP contribution in [0.2, 0.25) is 0 Å². The summed E-state index contributed by atoms with van der Waals surface area (Å²) in [5, 5.41) is 10.9.